The number of hydrogen-bond donors (Lipinski definition) is 1. The molecule has 0 aliphatic carbocycles. The molecule has 1 atom stereocenters. The molecule has 1 amide bonds. The van der Waals surface area contributed by atoms with Crippen LogP contribution in [0.25, 0.3) is 0 Å². The lowest BCUT2D eigenvalue weighted by Crippen LogP contribution is -2.44. The summed E-state index contributed by atoms with van der Waals surface area (Å²) in [6, 6.07) is 10.00. The predicted octanol–water partition coefficient (Wildman–Crippen LogP) is 3.03. The highest BCUT2D eigenvalue weighted by molar-refractivity contribution is 6.30. The molecule has 0 unspecified atom stereocenters. The summed E-state index contributed by atoms with van der Waals surface area (Å²) in [5.41, 5.74) is 1.21. The molecule has 0 fully saturated rings. The first-order valence-corrected chi connectivity index (χ1v) is 6.93. The number of amides is 1. The summed E-state index contributed by atoms with van der Waals surface area (Å²) in [6.45, 7) is 3.26. The second-order valence-corrected chi connectivity index (χ2v) is 5.21. The fraction of sp³-hybridized carbons (Fsp3) is 0.188. The van der Waals surface area contributed by atoms with Crippen LogP contribution in [0, 0.1) is 0 Å². The van der Waals surface area contributed by atoms with Crippen molar-refractivity contribution in [1.29, 1.82) is 0 Å². The third kappa shape index (κ3) is 3.89. The molecule has 21 heavy (non-hydrogen) atoms. The Morgan fingerprint density at radius 2 is 2.00 bits per heavy atom. The van der Waals surface area contributed by atoms with Gasteiger partial charge in [-0.25, -0.2) is 0 Å². The molecular formula is C16H16ClN2O2+. The summed E-state index contributed by atoms with van der Waals surface area (Å²) >= 11 is 5.89. The van der Waals surface area contributed by atoms with Gasteiger partial charge in [-0.15, -0.1) is 0 Å². The predicted molar refractivity (Wildman–Crippen MR) is 81.4 cm³/mol. The van der Waals surface area contributed by atoms with Crippen molar-refractivity contribution in [2.45, 2.75) is 19.9 Å². The number of carbonyl (C=O) groups is 2. The van der Waals surface area contributed by atoms with E-state index in [4.69, 9.17) is 11.6 Å². The molecule has 4 nitrogen and oxygen atoms in total. The van der Waals surface area contributed by atoms with Crippen LogP contribution in [0.5, 0.6) is 0 Å². The molecule has 0 aliphatic heterocycles. The summed E-state index contributed by atoms with van der Waals surface area (Å²) in [6.07, 6.45) is 3.43. The smallest absolute Gasteiger partial charge is 0.293 e. The molecule has 0 aliphatic rings. The number of carbonyl (C=O) groups excluding carboxylic acids is 2. The van der Waals surface area contributed by atoms with Crippen LogP contribution in [0.2, 0.25) is 5.02 Å². The summed E-state index contributed by atoms with van der Waals surface area (Å²) in [4.78, 5) is 23.6. The zero-order valence-corrected chi connectivity index (χ0v) is 12.6. The van der Waals surface area contributed by atoms with Gasteiger partial charge in [0.1, 0.15) is 0 Å². The first-order chi connectivity index (χ1) is 9.97. The van der Waals surface area contributed by atoms with Crippen molar-refractivity contribution in [3.63, 3.8) is 0 Å². The largest absolute Gasteiger partial charge is 0.320 e. The zero-order chi connectivity index (χ0) is 15.4. The van der Waals surface area contributed by atoms with E-state index in [1.807, 2.05) is 0 Å². The topological polar surface area (TPSA) is 50.0 Å². The van der Waals surface area contributed by atoms with Crippen molar-refractivity contribution in [1.82, 2.24) is 0 Å². The zero-order valence-electron chi connectivity index (χ0n) is 11.8. The standard InChI is InChI=1S/C16H15ClN2O2/c1-11(19-8-4-5-13(10-19)12(2)20)16(21)18-15-7-3-6-14(17)9-15/h3-11H,1-2H3/p+1/t11-/m0/s1. The molecule has 1 aromatic carbocycles. The second kappa shape index (κ2) is 6.50. The lowest BCUT2D eigenvalue weighted by Gasteiger charge is -2.09. The number of anilines is 1. The summed E-state index contributed by atoms with van der Waals surface area (Å²) in [5.74, 6) is -0.213. The van der Waals surface area contributed by atoms with Crippen molar-refractivity contribution in [2.24, 2.45) is 0 Å². The van der Waals surface area contributed by atoms with Gasteiger partial charge in [-0.05, 0) is 31.2 Å². The number of halogens is 1. The van der Waals surface area contributed by atoms with Gasteiger partial charge in [0, 0.05) is 23.7 Å². The number of aromatic nitrogens is 1. The molecule has 0 saturated heterocycles. The summed E-state index contributed by atoms with van der Waals surface area (Å²) < 4.78 is 1.70. The number of nitrogens with zero attached hydrogens (tertiary/aromatic N) is 1. The van der Waals surface area contributed by atoms with Crippen LogP contribution in [-0.2, 0) is 4.79 Å². The molecule has 108 valence electrons. The lowest BCUT2D eigenvalue weighted by molar-refractivity contribution is -0.705. The number of benzene rings is 1. The number of hydrogen-bond acceptors (Lipinski definition) is 2. The van der Waals surface area contributed by atoms with E-state index in [1.54, 1.807) is 60.3 Å². The van der Waals surface area contributed by atoms with Gasteiger partial charge in [0.15, 0.2) is 18.2 Å². The highest BCUT2D eigenvalue weighted by atomic mass is 35.5. The molecule has 1 heterocycles. The van der Waals surface area contributed by atoms with Gasteiger partial charge in [0.2, 0.25) is 6.04 Å². The van der Waals surface area contributed by atoms with E-state index in [1.165, 1.54) is 6.92 Å². The van der Waals surface area contributed by atoms with Crippen LogP contribution in [0.15, 0.2) is 48.8 Å². The van der Waals surface area contributed by atoms with E-state index < -0.39 is 6.04 Å². The molecule has 2 aromatic rings. The summed E-state index contributed by atoms with van der Waals surface area (Å²) in [5, 5.41) is 3.36. The van der Waals surface area contributed by atoms with Crippen molar-refractivity contribution in [2.75, 3.05) is 5.32 Å². The highest BCUT2D eigenvalue weighted by Gasteiger charge is 2.22. The van der Waals surface area contributed by atoms with E-state index in [0.717, 1.165) is 0 Å². The Hall–Kier alpha value is -2.20. The van der Waals surface area contributed by atoms with E-state index in [9.17, 15) is 9.59 Å². The second-order valence-electron chi connectivity index (χ2n) is 4.77. The van der Waals surface area contributed by atoms with Crippen molar-refractivity contribution in [3.8, 4) is 0 Å². The first-order valence-electron chi connectivity index (χ1n) is 6.55. The molecule has 0 spiro atoms. The molecule has 0 radical (unpaired) electrons. The minimum absolute atomic E-state index is 0.0354. The Balaban J connectivity index is 2.15. The van der Waals surface area contributed by atoms with E-state index in [-0.39, 0.29) is 11.7 Å². The van der Waals surface area contributed by atoms with E-state index in [0.29, 0.717) is 16.3 Å². The average molecular weight is 304 g/mol. The number of ketones is 1. The van der Waals surface area contributed by atoms with Crippen LogP contribution < -0.4 is 9.88 Å². The maximum Gasteiger partial charge on any atom is 0.293 e. The molecule has 5 heteroatoms. The van der Waals surface area contributed by atoms with Gasteiger partial charge in [0.25, 0.3) is 5.91 Å². The number of nitrogens with one attached hydrogen (secondary N) is 1. The van der Waals surface area contributed by atoms with Crippen LogP contribution >= 0.6 is 11.6 Å². The van der Waals surface area contributed by atoms with Crippen LogP contribution in [0.3, 0.4) is 0 Å². The van der Waals surface area contributed by atoms with Gasteiger partial charge < -0.3 is 5.32 Å². The van der Waals surface area contributed by atoms with Crippen LogP contribution in [-0.4, -0.2) is 11.7 Å². The third-order valence-corrected chi connectivity index (χ3v) is 3.38. The maximum atomic E-state index is 12.2. The van der Waals surface area contributed by atoms with Crippen LogP contribution in [0.4, 0.5) is 5.69 Å². The maximum absolute atomic E-state index is 12.2. The normalized spacial score (nSPS) is 11.8. The summed E-state index contributed by atoms with van der Waals surface area (Å²) in [7, 11) is 0. The highest BCUT2D eigenvalue weighted by Crippen LogP contribution is 2.15. The van der Waals surface area contributed by atoms with Gasteiger partial charge in [0.05, 0.1) is 5.56 Å². The van der Waals surface area contributed by atoms with Crippen molar-refractivity contribution in [3.05, 3.63) is 59.4 Å². The number of rotatable bonds is 4. The van der Waals surface area contributed by atoms with Gasteiger partial charge in [-0.3, -0.25) is 9.59 Å². The number of Topliss-reactive ketones (excluding diaryl/α,β-unsaturated/α-hetero) is 1. The quantitative estimate of drug-likeness (QED) is 0.697. The Morgan fingerprint density at radius 3 is 2.67 bits per heavy atom. The average Bonchev–Trinajstić information content (AvgIpc) is 2.46. The molecule has 0 saturated carbocycles. The monoisotopic (exact) mass is 303 g/mol. The lowest BCUT2D eigenvalue weighted by atomic mass is 10.2. The molecule has 0 bridgehead atoms. The molecule has 1 aromatic heterocycles. The fourth-order valence-electron chi connectivity index (χ4n) is 1.89. The minimum atomic E-state index is -0.441. The molecule has 2 rings (SSSR count). The van der Waals surface area contributed by atoms with E-state index >= 15 is 0 Å². The van der Waals surface area contributed by atoms with E-state index in [2.05, 4.69) is 5.32 Å². The SMILES string of the molecule is CC(=O)c1ccc[n+]([C@@H](C)C(=O)Nc2cccc(Cl)c2)c1. The fourth-order valence-corrected chi connectivity index (χ4v) is 2.08. The third-order valence-electron chi connectivity index (χ3n) is 3.15. The first kappa shape index (κ1) is 15.2. The van der Waals surface area contributed by atoms with Gasteiger partial charge >= 0.3 is 0 Å². The van der Waals surface area contributed by atoms with Crippen molar-refractivity contribution < 1.29 is 14.2 Å². The molecule has 1 N–H and O–H groups in total. The van der Waals surface area contributed by atoms with Crippen LogP contribution in [0.1, 0.15) is 30.2 Å². The van der Waals surface area contributed by atoms with Gasteiger partial charge in [-0.2, -0.15) is 4.57 Å². The Bertz CT molecular complexity index is 685. The Kier molecular flexibility index (Phi) is 4.70. The Labute approximate surface area is 128 Å². The van der Waals surface area contributed by atoms with Gasteiger partial charge in [-0.1, -0.05) is 17.7 Å². The Morgan fingerprint density at radius 1 is 1.24 bits per heavy atom. The molecular weight excluding hydrogens is 288 g/mol. The van der Waals surface area contributed by atoms with Crippen molar-refractivity contribution >= 4 is 29.0 Å². The minimum Gasteiger partial charge on any atom is -0.320 e. The number of pyridine rings is 1.